The van der Waals surface area contributed by atoms with E-state index in [9.17, 15) is 13.2 Å². The standard InChI is InChI=1S/C19H26F3N5/c1-25(2)10-5-12-26-13-9-23-18(26)15-6-4-11-27(14-15)17-8-3-7-16(24-17)19(20,21)22/h3,7-9,13,15H,4-6,10-12,14H2,1-2H3. The Hall–Kier alpha value is -2.09. The van der Waals surface area contributed by atoms with E-state index in [1.807, 2.05) is 17.3 Å². The number of alkyl halides is 3. The Balaban J connectivity index is 1.71. The first-order valence-electron chi connectivity index (χ1n) is 9.29. The van der Waals surface area contributed by atoms with E-state index >= 15 is 0 Å². The SMILES string of the molecule is CN(C)CCCn1ccnc1C1CCCN(c2cccc(C(F)(F)F)n2)C1. The van der Waals surface area contributed by atoms with Crippen molar-refractivity contribution >= 4 is 5.82 Å². The van der Waals surface area contributed by atoms with Crippen LogP contribution in [0.1, 0.15) is 36.7 Å². The fraction of sp³-hybridized carbons (Fsp3) is 0.579. The van der Waals surface area contributed by atoms with Crippen molar-refractivity contribution in [2.45, 2.75) is 37.9 Å². The van der Waals surface area contributed by atoms with Gasteiger partial charge in [-0.3, -0.25) is 0 Å². The molecule has 0 N–H and O–H groups in total. The summed E-state index contributed by atoms with van der Waals surface area (Å²) < 4.78 is 41.1. The van der Waals surface area contributed by atoms with Crippen molar-refractivity contribution in [3.63, 3.8) is 0 Å². The van der Waals surface area contributed by atoms with E-state index < -0.39 is 11.9 Å². The highest BCUT2D eigenvalue weighted by molar-refractivity contribution is 5.41. The van der Waals surface area contributed by atoms with Gasteiger partial charge in [-0.05, 0) is 52.0 Å². The molecule has 1 saturated heterocycles. The van der Waals surface area contributed by atoms with Gasteiger partial charge in [-0.1, -0.05) is 6.07 Å². The minimum atomic E-state index is -4.42. The Morgan fingerprint density at radius 2 is 2.07 bits per heavy atom. The van der Waals surface area contributed by atoms with Crippen LogP contribution in [0.3, 0.4) is 0 Å². The van der Waals surface area contributed by atoms with Gasteiger partial charge in [0, 0.05) is 37.9 Å². The second-order valence-electron chi connectivity index (χ2n) is 7.30. The second kappa shape index (κ2) is 8.29. The molecule has 1 fully saturated rings. The van der Waals surface area contributed by atoms with Gasteiger partial charge in [0.2, 0.25) is 0 Å². The van der Waals surface area contributed by atoms with Gasteiger partial charge in [0.25, 0.3) is 0 Å². The number of hydrogen-bond donors (Lipinski definition) is 0. The first-order valence-corrected chi connectivity index (χ1v) is 9.29. The van der Waals surface area contributed by atoms with Crippen molar-refractivity contribution in [2.24, 2.45) is 0 Å². The lowest BCUT2D eigenvalue weighted by Crippen LogP contribution is -2.36. The molecule has 0 spiro atoms. The summed E-state index contributed by atoms with van der Waals surface area (Å²) in [7, 11) is 4.10. The van der Waals surface area contributed by atoms with Crippen LogP contribution >= 0.6 is 0 Å². The Bertz CT molecular complexity index is 741. The normalized spacial score (nSPS) is 18.3. The summed E-state index contributed by atoms with van der Waals surface area (Å²) in [5, 5.41) is 0. The van der Waals surface area contributed by atoms with Crippen molar-refractivity contribution in [2.75, 3.05) is 38.6 Å². The molecule has 0 amide bonds. The molecule has 2 aromatic rings. The van der Waals surface area contributed by atoms with Crippen LogP contribution < -0.4 is 4.90 Å². The highest BCUT2D eigenvalue weighted by Gasteiger charge is 2.33. The van der Waals surface area contributed by atoms with Crippen molar-refractivity contribution in [3.8, 4) is 0 Å². The molecule has 27 heavy (non-hydrogen) atoms. The van der Waals surface area contributed by atoms with Crippen LogP contribution in [0.25, 0.3) is 0 Å². The maximum absolute atomic E-state index is 13.0. The summed E-state index contributed by atoms with van der Waals surface area (Å²) in [6, 6.07) is 4.10. The van der Waals surface area contributed by atoms with Crippen LogP contribution in [0.2, 0.25) is 0 Å². The van der Waals surface area contributed by atoms with Crippen LogP contribution in [0.5, 0.6) is 0 Å². The predicted molar refractivity (Wildman–Crippen MR) is 98.8 cm³/mol. The van der Waals surface area contributed by atoms with Crippen LogP contribution in [0, 0.1) is 0 Å². The quantitative estimate of drug-likeness (QED) is 0.766. The van der Waals surface area contributed by atoms with Gasteiger partial charge in [-0.2, -0.15) is 13.2 Å². The first kappa shape index (κ1) is 19.7. The van der Waals surface area contributed by atoms with Crippen molar-refractivity contribution in [1.29, 1.82) is 0 Å². The molecule has 3 rings (SSSR count). The Kier molecular flexibility index (Phi) is 6.04. The number of imidazole rings is 1. The van der Waals surface area contributed by atoms with E-state index in [0.717, 1.165) is 44.2 Å². The van der Waals surface area contributed by atoms with E-state index in [1.165, 1.54) is 6.07 Å². The minimum absolute atomic E-state index is 0.199. The van der Waals surface area contributed by atoms with Crippen LogP contribution in [0.4, 0.5) is 19.0 Å². The van der Waals surface area contributed by atoms with Gasteiger partial charge in [0.1, 0.15) is 17.3 Å². The summed E-state index contributed by atoms with van der Waals surface area (Å²) in [6.45, 7) is 3.25. The molecular formula is C19H26F3N5. The summed E-state index contributed by atoms with van der Waals surface area (Å²) in [4.78, 5) is 12.5. The third kappa shape index (κ3) is 5.00. The molecule has 0 radical (unpaired) electrons. The zero-order valence-corrected chi connectivity index (χ0v) is 15.8. The number of anilines is 1. The molecule has 1 atom stereocenters. The average Bonchev–Trinajstić information content (AvgIpc) is 3.09. The molecule has 1 aliphatic heterocycles. The van der Waals surface area contributed by atoms with Gasteiger partial charge in [-0.25, -0.2) is 9.97 Å². The molecular weight excluding hydrogens is 355 g/mol. The summed E-state index contributed by atoms with van der Waals surface area (Å²) in [5.41, 5.74) is -0.840. The van der Waals surface area contributed by atoms with E-state index in [4.69, 9.17) is 0 Å². The molecule has 8 heteroatoms. The third-order valence-electron chi connectivity index (χ3n) is 4.89. The van der Waals surface area contributed by atoms with Gasteiger partial charge in [0.05, 0.1) is 0 Å². The molecule has 0 aliphatic carbocycles. The lowest BCUT2D eigenvalue weighted by Gasteiger charge is -2.33. The smallest absolute Gasteiger partial charge is 0.356 e. The van der Waals surface area contributed by atoms with E-state index in [1.54, 1.807) is 6.07 Å². The molecule has 1 aliphatic rings. The Morgan fingerprint density at radius 3 is 2.81 bits per heavy atom. The van der Waals surface area contributed by atoms with E-state index in [-0.39, 0.29) is 5.92 Å². The molecule has 3 heterocycles. The minimum Gasteiger partial charge on any atom is -0.356 e. The molecule has 0 aromatic carbocycles. The van der Waals surface area contributed by atoms with Crippen LogP contribution in [-0.2, 0) is 12.7 Å². The van der Waals surface area contributed by atoms with Crippen molar-refractivity contribution in [3.05, 3.63) is 42.1 Å². The molecule has 0 bridgehead atoms. The predicted octanol–water partition coefficient (Wildman–Crippen LogP) is 3.63. The first-order chi connectivity index (χ1) is 12.8. The van der Waals surface area contributed by atoms with Crippen LogP contribution in [0.15, 0.2) is 30.6 Å². The maximum atomic E-state index is 13.0. The number of hydrogen-bond acceptors (Lipinski definition) is 4. The number of aryl methyl sites for hydroxylation is 1. The zero-order chi connectivity index (χ0) is 19.4. The lowest BCUT2D eigenvalue weighted by molar-refractivity contribution is -0.141. The lowest BCUT2D eigenvalue weighted by atomic mass is 9.97. The van der Waals surface area contributed by atoms with Gasteiger partial charge in [0.15, 0.2) is 0 Å². The van der Waals surface area contributed by atoms with Gasteiger partial charge in [-0.15, -0.1) is 0 Å². The monoisotopic (exact) mass is 381 g/mol. The van der Waals surface area contributed by atoms with Crippen LogP contribution in [-0.4, -0.2) is 53.2 Å². The highest BCUT2D eigenvalue weighted by Crippen LogP contribution is 2.32. The third-order valence-corrected chi connectivity index (χ3v) is 4.89. The van der Waals surface area contributed by atoms with E-state index in [2.05, 4.69) is 33.5 Å². The van der Waals surface area contributed by atoms with E-state index in [0.29, 0.717) is 18.9 Å². The summed E-state index contributed by atoms with van der Waals surface area (Å²) in [5.74, 6) is 1.61. The molecule has 5 nitrogen and oxygen atoms in total. The zero-order valence-electron chi connectivity index (χ0n) is 15.8. The second-order valence-corrected chi connectivity index (χ2v) is 7.30. The number of halogens is 3. The Labute approximate surface area is 157 Å². The molecule has 2 aromatic heterocycles. The average molecular weight is 381 g/mol. The maximum Gasteiger partial charge on any atom is 0.433 e. The molecule has 148 valence electrons. The number of rotatable bonds is 6. The fourth-order valence-corrected chi connectivity index (χ4v) is 3.58. The molecule has 0 saturated carbocycles. The van der Waals surface area contributed by atoms with Gasteiger partial charge < -0.3 is 14.4 Å². The van der Waals surface area contributed by atoms with Crippen molar-refractivity contribution < 1.29 is 13.2 Å². The topological polar surface area (TPSA) is 37.2 Å². The largest absolute Gasteiger partial charge is 0.433 e. The number of aromatic nitrogens is 3. The Morgan fingerprint density at radius 1 is 1.26 bits per heavy atom. The van der Waals surface area contributed by atoms with Gasteiger partial charge >= 0.3 is 6.18 Å². The fourth-order valence-electron chi connectivity index (χ4n) is 3.58. The highest BCUT2D eigenvalue weighted by atomic mass is 19.4. The van der Waals surface area contributed by atoms with Crippen molar-refractivity contribution in [1.82, 2.24) is 19.4 Å². The number of pyridine rings is 1. The summed E-state index contributed by atoms with van der Waals surface area (Å²) >= 11 is 0. The number of nitrogens with zero attached hydrogens (tertiary/aromatic N) is 5. The summed E-state index contributed by atoms with van der Waals surface area (Å²) in [6.07, 6.45) is 2.31. The molecule has 1 unspecified atom stereocenters. The number of piperidine rings is 1.